The Morgan fingerprint density at radius 2 is 2.12 bits per heavy atom. The second kappa shape index (κ2) is 4.57. The number of likely N-dealkylation sites (N-methyl/N-ethyl adjacent to an activating group) is 1. The van der Waals surface area contributed by atoms with E-state index in [-0.39, 0.29) is 0 Å². The van der Waals surface area contributed by atoms with Crippen LogP contribution in [0.5, 0.6) is 5.88 Å². The maximum atomic E-state index is 9.73. The number of hydrogen-bond acceptors (Lipinski definition) is 5. The zero-order valence-corrected chi connectivity index (χ0v) is 10.2. The summed E-state index contributed by atoms with van der Waals surface area (Å²) in [6.45, 7) is 3.91. The highest BCUT2D eigenvalue weighted by molar-refractivity contribution is 5.63. The van der Waals surface area contributed by atoms with Gasteiger partial charge >= 0.3 is 0 Å². The largest absolute Gasteiger partial charge is 0.481 e. The van der Waals surface area contributed by atoms with Crippen molar-refractivity contribution in [2.45, 2.75) is 19.4 Å². The molecule has 0 bridgehead atoms. The number of rotatable bonds is 4. The van der Waals surface area contributed by atoms with Crippen LogP contribution < -0.4 is 15.4 Å². The molecule has 0 amide bonds. The number of pyridine rings is 1. The van der Waals surface area contributed by atoms with E-state index in [1.54, 1.807) is 38.0 Å². The Hall–Kier alpha value is -1.49. The van der Waals surface area contributed by atoms with Crippen molar-refractivity contribution in [3.05, 3.63) is 12.1 Å². The lowest BCUT2D eigenvalue weighted by molar-refractivity contribution is 0.0884. The third-order valence-corrected chi connectivity index (χ3v) is 2.07. The van der Waals surface area contributed by atoms with Gasteiger partial charge in [-0.2, -0.15) is 4.98 Å². The van der Waals surface area contributed by atoms with Crippen LogP contribution in [-0.2, 0) is 0 Å². The van der Waals surface area contributed by atoms with E-state index in [1.165, 1.54) is 0 Å². The van der Waals surface area contributed by atoms with Gasteiger partial charge in [-0.05, 0) is 19.9 Å². The van der Waals surface area contributed by atoms with E-state index < -0.39 is 5.60 Å². The lowest BCUT2D eigenvalue weighted by Crippen LogP contribution is -2.37. The first-order valence-electron chi connectivity index (χ1n) is 5.07. The summed E-state index contributed by atoms with van der Waals surface area (Å²) in [6.07, 6.45) is 0. The Labute approximate surface area is 95.8 Å². The number of methoxy groups -OCH3 is 1. The van der Waals surface area contributed by atoms with Crippen molar-refractivity contribution in [2.75, 3.05) is 31.3 Å². The van der Waals surface area contributed by atoms with Crippen LogP contribution in [0.4, 0.5) is 11.5 Å². The van der Waals surface area contributed by atoms with Gasteiger partial charge in [0.25, 0.3) is 0 Å². The molecule has 0 spiro atoms. The average molecular weight is 225 g/mol. The smallest absolute Gasteiger partial charge is 0.215 e. The first-order valence-corrected chi connectivity index (χ1v) is 5.07. The number of nitrogens with zero attached hydrogens (tertiary/aromatic N) is 2. The van der Waals surface area contributed by atoms with Crippen molar-refractivity contribution in [3.8, 4) is 5.88 Å². The summed E-state index contributed by atoms with van der Waals surface area (Å²) in [4.78, 5) is 6.05. The van der Waals surface area contributed by atoms with Crippen LogP contribution in [0.3, 0.4) is 0 Å². The van der Waals surface area contributed by atoms with Crippen LogP contribution in [0.25, 0.3) is 0 Å². The molecular formula is C11H19N3O2. The topological polar surface area (TPSA) is 71.6 Å². The van der Waals surface area contributed by atoms with Gasteiger partial charge in [0.15, 0.2) is 5.82 Å². The van der Waals surface area contributed by atoms with Crippen LogP contribution >= 0.6 is 0 Å². The molecule has 1 heterocycles. The highest BCUT2D eigenvalue weighted by Crippen LogP contribution is 2.23. The third-order valence-electron chi connectivity index (χ3n) is 2.07. The van der Waals surface area contributed by atoms with Crippen molar-refractivity contribution in [1.29, 1.82) is 0 Å². The number of aromatic nitrogens is 1. The summed E-state index contributed by atoms with van der Waals surface area (Å²) in [6, 6.07) is 3.44. The van der Waals surface area contributed by atoms with Gasteiger partial charge in [0, 0.05) is 19.7 Å². The van der Waals surface area contributed by atoms with E-state index in [2.05, 4.69) is 4.98 Å². The van der Waals surface area contributed by atoms with Crippen molar-refractivity contribution < 1.29 is 9.84 Å². The first-order chi connectivity index (χ1) is 7.33. The molecule has 0 radical (unpaired) electrons. The normalized spacial score (nSPS) is 11.3. The Morgan fingerprint density at radius 3 is 2.62 bits per heavy atom. The van der Waals surface area contributed by atoms with Gasteiger partial charge in [0.1, 0.15) is 0 Å². The Balaban J connectivity index is 2.93. The number of aliphatic hydroxyl groups is 1. The molecule has 0 saturated heterocycles. The summed E-state index contributed by atoms with van der Waals surface area (Å²) in [5.41, 5.74) is 5.59. The van der Waals surface area contributed by atoms with Gasteiger partial charge in [-0.25, -0.2) is 0 Å². The molecule has 0 aliphatic heterocycles. The molecule has 90 valence electrons. The van der Waals surface area contributed by atoms with Crippen LogP contribution in [0, 0.1) is 0 Å². The highest BCUT2D eigenvalue weighted by Gasteiger charge is 2.18. The quantitative estimate of drug-likeness (QED) is 0.796. The molecule has 5 nitrogen and oxygen atoms in total. The maximum Gasteiger partial charge on any atom is 0.215 e. The Kier molecular flexibility index (Phi) is 3.59. The Bertz CT molecular complexity index is 361. The average Bonchev–Trinajstić information content (AvgIpc) is 2.15. The monoisotopic (exact) mass is 225 g/mol. The molecule has 3 N–H and O–H groups in total. The second-order valence-electron chi connectivity index (χ2n) is 4.43. The van der Waals surface area contributed by atoms with E-state index in [9.17, 15) is 5.11 Å². The molecule has 16 heavy (non-hydrogen) atoms. The Morgan fingerprint density at radius 1 is 1.50 bits per heavy atom. The first kappa shape index (κ1) is 12.6. The SMILES string of the molecule is COc1ccc(N)c(N(C)CC(C)(C)O)n1. The predicted molar refractivity (Wildman–Crippen MR) is 64.8 cm³/mol. The maximum absolute atomic E-state index is 9.73. The van der Waals surface area contributed by atoms with E-state index in [0.717, 1.165) is 0 Å². The molecule has 0 aromatic carbocycles. The van der Waals surface area contributed by atoms with Gasteiger partial charge in [0.05, 0.1) is 18.4 Å². The van der Waals surface area contributed by atoms with Gasteiger partial charge in [-0.3, -0.25) is 0 Å². The molecule has 1 aromatic rings. The minimum Gasteiger partial charge on any atom is -0.481 e. The third kappa shape index (κ3) is 3.27. The number of hydrogen-bond donors (Lipinski definition) is 2. The minimum atomic E-state index is -0.800. The van der Waals surface area contributed by atoms with Crippen LogP contribution in [0.2, 0.25) is 0 Å². The summed E-state index contributed by atoms with van der Waals surface area (Å²) in [7, 11) is 3.38. The number of ether oxygens (including phenoxy) is 1. The standard InChI is InChI=1S/C11H19N3O2/c1-11(2,15)7-14(3)10-8(12)5-6-9(13-10)16-4/h5-6,15H,7,12H2,1-4H3. The predicted octanol–water partition coefficient (Wildman–Crippen LogP) is 0.879. The molecule has 0 unspecified atom stereocenters. The van der Waals surface area contributed by atoms with E-state index in [4.69, 9.17) is 10.5 Å². The number of anilines is 2. The summed E-state index contributed by atoms with van der Waals surface area (Å²) >= 11 is 0. The van der Waals surface area contributed by atoms with E-state index >= 15 is 0 Å². The number of nitrogen functional groups attached to an aromatic ring is 1. The summed E-state index contributed by atoms with van der Waals surface area (Å²) in [5, 5.41) is 9.73. The molecule has 1 rings (SSSR count). The van der Waals surface area contributed by atoms with Crippen LogP contribution in [0.15, 0.2) is 12.1 Å². The molecule has 0 saturated carbocycles. The molecule has 5 heteroatoms. The van der Waals surface area contributed by atoms with Crippen molar-refractivity contribution in [3.63, 3.8) is 0 Å². The van der Waals surface area contributed by atoms with Crippen molar-refractivity contribution >= 4 is 11.5 Å². The molecule has 0 atom stereocenters. The van der Waals surface area contributed by atoms with Crippen LogP contribution in [0.1, 0.15) is 13.8 Å². The molecule has 0 aliphatic rings. The van der Waals surface area contributed by atoms with Gasteiger partial charge < -0.3 is 20.5 Å². The van der Waals surface area contributed by atoms with Gasteiger partial charge in [-0.1, -0.05) is 0 Å². The zero-order valence-electron chi connectivity index (χ0n) is 10.2. The van der Waals surface area contributed by atoms with Crippen molar-refractivity contribution in [1.82, 2.24) is 4.98 Å². The molecule has 0 aliphatic carbocycles. The number of nitrogens with two attached hydrogens (primary N) is 1. The van der Waals surface area contributed by atoms with E-state index in [0.29, 0.717) is 23.9 Å². The molecule has 1 aromatic heterocycles. The summed E-state index contributed by atoms with van der Waals surface area (Å²) in [5.74, 6) is 1.12. The van der Waals surface area contributed by atoms with Crippen LogP contribution in [-0.4, -0.2) is 36.4 Å². The van der Waals surface area contributed by atoms with Gasteiger partial charge in [-0.15, -0.1) is 0 Å². The van der Waals surface area contributed by atoms with E-state index in [1.807, 2.05) is 7.05 Å². The van der Waals surface area contributed by atoms with Crippen molar-refractivity contribution in [2.24, 2.45) is 0 Å². The van der Waals surface area contributed by atoms with Gasteiger partial charge in [0.2, 0.25) is 5.88 Å². The molecule has 0 fully saturated rings. The second-order valence-corrected chi connectivity index (χ2v) is 4.43. The highest BCUT2D eigenvalue weighted by atomic mass is 16.5. The fraction of sp³-hybridized carbons (Fsp3) is 0.545. The minimum absolute atomic E-state index is 0.442. The summed E-state index contributed by atoms with van der Waals surface area (Å²) < 4.78 is 5.03. The lowest BCUT2D eigenvalue weighted by atomic mass is 10.1. The fourth-order valence-electron chi connectivity index (χ4n) is 1.52. The zero-order chi connectivity index (χ0) is 12.3. The molecular weight excluding hydrogens is 206 g/mol. The fourth-order valence-corrected chi connectivity index (χ4v) is 1.52. The lowest BCUT2D eigenvalue weighted by Gasteiger charge is -2.27.